The van der Waals surface area contributed by atoms with Gasteiger partial charge in [0.25, 0.3) is 0 Å². The summed E-state index contributed by atoms with van der Waals surface area (Å²) in [6.07, 6.45) is 0. The molecule has 4 rings (SSSR count). The van der Waals surface area contributed by atoms with Crippen LogP contribution in [0.4, 0.5) is 0 Å². The number of aliphatic hydroxyl groups excluding tert-OH is 1. The van der Waals surface area contributed by atoms with Crippen LogP contribution in [-0.2, 0) is 19.8 Å². The predicted molar refractivity (Wildman–Crippen MR) is 122 cm³/mol. The summed E-state index contributed by atoms with van der Waals surface area (Å²) in [5, 5.41) is 9.88. The van der Waals surface area contributed by atoms with E-state index in [0.717, 1.165) is 33.4 Å². The van der Waals surface area contributed by atoms with Crippen LogP contribution in [0.15, 0.2) is 91.0 Å². The van der Waals surface area contributed by atoms with Gasteiger partial charge in [-0.05, 0) is 35.2 Å². The SMILES string of the molecule is Cc1ccc(-c2ccc(OCc3ccccc3)nc2OCc2ccccc2)c(CO)c1. The lowest BCUT2D eigenvalue weighted by Gasteiger charge is -2.15. The standard InChI is InChI=1S/C27H25NO3/c1-20-12-13-24(23(16-20)17-29)25-14-15-26(30-18-21-8-4-2-5-9-21)28-27(25)31-19-22-10-6-3-7-11-22/h2-16,29H,17-19H2,1H3. The Labute approximate surface area is 182 Å². The largest absolute Gasteiger partial charge is 0.473 e. The van der Waals surface area contributed by atoms with E-state index in [2.05, 4.69) is 4.98 Å². The van der Waals surface area contributed by atoms with Crippen LogP contribution in [0, 0.1) is 6.92 Å². The molecule has 156 valence electrons. The second-order valence-electron chi connectivity index (χ2n) is 7.37. The highest BCUT2D eigenvalue weighted by atomic mass is 16.5. The number of benzene rings is 3. The average Bonchev–Trinajstić information content (AvgIpc) is 2.83. The first-order chi connectivity index (χ1) is 15.2. The molecule has 0 aliphatic rings. The van der Waals surface area contributed by atoms with Crippen LogP contribution in [-0.4, -0.2) is 10.1 Å². The van der Waals surface area contributed by atoms with Crippen LogP contribution in [0.1, 0.15) is 22.3 Å². The third-order valence-corrected chi connectivity index (χ3v) is 5.00. The highest BCUT2D eigenvalue weighted by Crippen LogP contribution is 2.34. The molecule has 0 saturated heterocycles. The molecule has 1 aromatic heterocycles. The number of hydrogen-bond acceptors (Lipinski definition) is 4. The molecule has 0 unspecified atom stereocenters. The fourth-order valence-corrected chi connectivity index (χ4v) is 3.39. The molecule has 4 aromatic rings. The Balaban J connectivity index is 1.64. The molecule has 3 aromatic carbocycles. The third kappa shape index (κ3) is 5.30. The first-order valence-electron chi connectivity index (χ1n) is 10.3. The predicted octanol–water partition coefficient (Wildman–Crippen LogP) is 5.71. The van der Waals surface area contributed by atoms with E-state index in [4.69, 9.17) is 9.47 Å². The number of aromatic nitrogens is 1. The number of ether oxygens (including phenoxy) is 2. The Morgan fingerprint density at radius 2 is 1.32 bits per heavy atom. The minimum absolute atomic E-state index is 0.0542. The van der Waals surface area contributed by atoms with Crippen molar-refractivity contribution in [2.45, 2.75) is 26.7 Å². The molecule has 1 N–H and O–H groups in total. The van der Waals surface area contributed by atoms with Crippen molar-refractivity contribution < 1.29 is 14.6 Å². The summed E-state index contributed by atoms with van der Waals surface area (Å²) in [5.74, 6) is 0.973. The first-order valence-corrected chi connectivity index (χ1v) is 10.3. The molecule has 4 heteroatoms. The second-order valence-corrected chi connectivity index (χ2v) is 7.37. The number of aliphatic hydroxyl groups is 1. The minimum Gasteiger partial charge on any atom is -0.473 e. The fourth-order valence-electron chi connectivity index (χ4n) is 3.39. The van der Waals surface area contributed by atoms with Crippen LogP contribution in [0.3, 0.4) is 0 Å². The summed E-state index contributed by atoms with van der Waals surface area (Å²) in [6.45, 7) is 2.77. The van der Waals surface area contributed by atoms with Gasteiger partial charge in [0.15, 0.2) is 0 Å². The van der Waals surface area contributed by atoms with E-state index in [0.29, 0.717) is 25.0 Å². The smallest absolute Gasteiger partial charge is 0.225 e. The zero-order valence-corrected chi connectivity index (χ0v) is 17.5. The van der Waals surface area contributed by atoms with Gasteiger partial charge in [-0.1, -0.05) is 84.4 Å². The Hall–Kier alpha value is -3.63. The lowest BCUT2D eigenvalue weighted by atomic mass is 9.99. The van der Waals surface area contributed by atoms with Gasteiger partial charge in [0.2, 0.25) is 11.8 Å². The van der Waals surface area contributed by atoms with Crippen molar-refractivity contribution in [2.24, 2.45) is 0 Å². The van der Waals surface area contributed by atoms with Gasteiger partial charge in [-0.15, -0.1) is 0 Å². The molecule has 0 spiro atoms. The van der Waals surface area contributed by atoms with Crippen molar-refractivity contribution in [1.29, 1.82) is 0 Å². The second kappa shape index (κ2) is 9.92. The van der Waals surface area contributed by atoms with Crippen molar-refractivity contribution >= 4 is 0 Å². The molecule has 0 radical (unpaired) electrons. The maximum Gasteiger partial charge on any atom is 0.225 e. The van der Waals surface area contributed by atoms with Gasteiger partial charge in [-0.3, -0.25) is 0 Å². The van der Waals surface area contributed by atoms with Crippen molar-refractivity contribution in [3.8, 4) is 22.9 Å². The van der Waals surface area contributed by atoms with Crippen LogP contribution in [0.2, 0.25) is 0 Å². The van der Waals surface area contributed by atoms with Gasteiger partial charge in [0, 0.05) is 11.6 Å². The zero-order valence-electron chi connectivity index (χ0n) is 17.5. The zero-order chi connectivity index (χ0) is 21.5. The lowest BCUT2D eigenvalue weighted by molar-refractivity contribution is 0.268. The summed E-state index contributed by atoms with van der Waals surface area (Å²) in [7, 11) is 0. The summed E-state index contributed by atoms with van der Waals surface area (Å²) in [4.78, 5) is 4.65. The Morgan fingerprint density at radius 3 is 1.97 bits per heavy atom. The maximum absolute atomic E-state index is 9.88. The molecule has 31 heavy (non-hydrogen) atoms. The monoisotopic (exact) mass is 411 g/mol. The van der Waals surface area contributed by atoms with E-state index in [1.54, 1.807) is 0 Å². The van der Waals surface area contributed by atoms with Crippen LogP contribution < -0.4 is 9.47 Å². The van der Waals surface area contributed by atoms with Gasteiger partial charge < -0.3 is 14.6 Å². The van der Waals surface area contributed by atoms with Crippen LogP contribution in [0.25, 0.3) is 11.1 Å². The first kappa shape index (κ1) is 20.6. The number of nitrogens with zero attached hydrogens (tertiary/aromatic N) is 1. The highest BCUT2D eigenvalue weighted by molar-refractivity contribution is 5.72. The van der Waals surface area contributed by atoms with Crippen molar-refractivity contribution in [3.63, 3.8) is 0 Å². The number of pyridine rings is 1. The van der Waals surface area contributed by atoms with E-state index < -0.39 is 0 Å². The molecule has 0 saturated carbocycles. The van der Waals surface area contributed by atoms with Crippen LogP contribution >= 0.6 is 0 Å². The number of aryl methyl sites for hydroxylation is 1. The van der Waals surface area contributed by atoms with E-state index >= 15 is 0 Å². The van der Waals surface area contributed by atoms with Gasteiger partial charge in [-0.2, -0.15) is 4.98 Å². The summed E-state index contributed by atoms with van der Waals surface area (Å²) >= 11 is 0. The van der Waals surface area contributed by atoms with Crippen molar-refractivity contribution in [1.82, 2.24) is 4.98 Å². The molecular weight excluding hydrogens is 386 g/mol. The minimum atomic E-state index is -0.0542. The Kier molecular flexibility index (Phi) is 6.60. The summed E-state index contributed by atoms with van der Waals surface area (Å²) in [5.41, 5.74) is 5.78. The molecule has 0 atom stereocenters. The average molecular weight is 412 g/mol. The number of rotatable bonds is 8. The normalized spacial score (nSPS) is 10.6. The summed E-state index contributed by atoms with van der Waals surface area (Å²) < 4.78 is 12.0. The number of hydrogen-bond donors (Lipinski definition) is 1. The highest BCUT2D eigenvalue weighted by Gasteiger charge is 2.14. The fraction of sp³-hybridized carbons (Fsp3) is 0.148. The van der Waals surface area contributed by atoms with Gasteiger partial charge in [0.1, 0.15) is 13.2 Å². The maximum atomic E-state index is 9.88. The molecule has 0 amide bonds. The van der Waals surface area contributed by atoms with Crippen molar-refractivity contribution in [3.05, 3.63) is 113 Å². The van der Waals surface area contributed by atoms with E-state index in [1.165, 1.54) is 0 Å². The van der Waals surface area contributed by atoms with E-state index in [1.807, 2.05) is 97.9 Å². The molecule has 1 heterocycles. The molecule has 4 nitrogen and oxygen atoms in total. The molecular formula is C27H25NO3. The van der Waals surface area contributed by atoms with E-state index in [9.17, 15) is 5.11 Å². The lowest BCUT2D eigenvalue weighted by Crippen LogP contribution is -2.03. The van der Waals surface area contributed by atoms with E-state index in [-0.39, 0.29) is 6.61 Å². The van der Waals surface area contributed by atoms with Crippen LogP contribution in [0.5, 0.6) is 11.8 Å². The van der Waals surface area contributed by atoms with Gasteiger partial charge >= 0.3 is 0 Å². The van der Waals surface area contributed by atoms with Crippen molar-refractivity contribution in [2.75, 3.05) is 0 Å². The molecule has 0 bridgehead atoms. The Bertz CT molecular complexity index is 1130. The molecule has 0 fully saturated rings. The van der Waals surface area contributed by atoms with Gasteiger partial charge in [-0.25, -0.2) is 0 Å². The summed E-state index contributed by atoms with van der Waals surface area (Å²) in [6, 6.07) is 29.7. The molecule has 0 aliphatic heterocycles. The van der Waals surface area contributed by atoms with Gasteiger partial charge in [0.05, 0.1) is 6.61 Å². The third-order valence-electron chi connectivity index (χ3n) is 5.00. The Morgan fingerprint density at radius 1 is 0.710 bits per heavy atom. The quantitative estimate of drug-likeness (QED) is 0.404. The topological polar surface area (TPSA) is 51.6 Å². The molecule has 0 aliphatic carbocycles.